The molecule has 0 saturated carbocycles. The summed E-state index contributed by atoms with van der Waals surface area (Å²) in [5, 5.41) is 40.7. The maximum absolute atomic E-state index is 9.77. The lowest BCUT2D eigenvalue weighted by Crippen LogP contribution is -2.44. The van der Waals surface area contributed by atoms with E-state index in [1.807, 2.05) is 6.92 Å². The Kier molecular flexibility index (Phi) is 4.95. The van der Waals surface area contributed by atoms with Crippen LogP contribution in [0, 0.1) is 0 Å². The summed E-state index contributed by atoms with van der Waals surface area (Å²) in [6.45, 7) is 1.78. The molecule has 1 fully saturated rings. The first-order chi connectivity index (χ1) is 7.11. The highest BCUT2D eigenvalue weighted by atomic mass is 16.3. The summed E-state index contributed by atoms with van der Waals surface area (Å²) < 4.78 is 0. The average Bonchev–Trinajstić information content (AvgIpc) is 2.52. The van der Waals surface area contributed by atoms with E-state index in [-0.39, 0.29) is 6.61 Å². The zero-order valence-corrected chi connectivity index (χ0v) is 9.00. The fourth-order valence-corrected chi connectivity index (χ4v) is 1.99. The second-order valence-electron chi connectivity index (χ2n) is 4.17. The van der Waals surface area contributed by atoms with Crippen molar-refractivity contribution in [3.8, 4) is 0 Å². The van der Waals surface area contributed by atoms with Crippen LogP contribution in [0.2, 0.25) is 0 Å². The predicted octanol–water partition coefficient (Wildman–Crippen LogP) is -1.41. The minimum absolute atomic E-state index is 0.241. The van der Waals surface area contributed by atoms with E-state index in [1.54, 1.807) is 0 Å². The van der Waals surface area contributed by atoms with Gasteiger partial charge in [0.05, 0.1) is 37.0 Å². The first-order valence-corrected chi connectivity index (χ1v) is 5.53. The summed E-state index contributed by atoms with van der Waals surface area (Å²) in [5.41, 5.74) is 0. The number of hydrogen-bond donors (Lipinski definition) is 5. The summed E-state index contributed by atoms with van der Waals surface area (Å²) in [5.74, 6) is 0. The molecule has 0 amide bonds. The lowest BCUT2D eigenvalue weighted by Gasteiger charge is -2.21. The Labute approximate surface area is 89.7 Å². The molecule has 5 atom stereocenters. The standard InChI is InChI=1S/C10H21NO4/c1-2-3-4-7(13)8-10(15)9(14)6(5-12)11-8/h6-15H,2-5H2,1H3/t6-,7?,8+,9-,10-/m1/s1. The van der Waals surface area contributed by atoms with Crippen molar-refractivity contribution in [3.05, 3.63) is 0 Å². The van der Waals surface area contributed by atoms with Crippen molar-refractivity contribution in [2.75, 3.05) is 6.61 Å². The predicted molar refractivity (Wildman–Crippen MR) is 55.3 cm³/mol. The lowest BCUT2D eigenvalue weighted by molar-refractivity contribution is -0.00435. The molecule has 1 aliphatic heterocycles. The molecule has 1 rings (SSSR count). The third kappa shape index (κ3) is 2.89. The number of rotatable bonds is 5. The Balaban J connectivity index is 2.48. The topological polar surface area (TPSA) is 93.0 Å². The molecule has 1 heterocycles. The molecule has 1 aliphatic rings. The molecule has 0 bridgehead atoms. The molecule has 1 unspecified atom stereocenters. The molecule has 90 valence electrons. The van der Waals surface area contributed by atoms with Gasteiger partial charge in [-0.2, -0.15) is 0 Å². The van der Waals surface area contributed by atoms with Gasteiger partial charge in [-0.15, -0.1) is 0 Å². The van der Waals surface area contributed by atoms with Gasteiger partial charge in [0.2, 0.25) is 0 Å². The second-order valence-corrected chi connectivity index (χ2v) is 4.17. The van der Waals surface area contributed by atoms with Crippen LogP contribution >= 0.6 is 0 Å². The van der Waals surface area contributed by atoms with Gasteiger partial charge in [0, 0.05) is 0 Å². The molecular weight excluding hydrogens is 198 g/mol. The van der Waals surface area contributed by atoms with E-state index in [1.165, 1.54) is 0 Å². The second kappa shape index (κ2) is 5.77. The van der Waals surface area contributed by atoms with E-state index in [2.05, 4.69) is 5.32 Å². The zero-order valence-electron chi connectivity index (χ0n) is 9.00. The van der Waals surface area contributed by atoms with Crippen molar-refractivity contribution in [3.63, 3.8) is 0 Å². The van der Waals surface area contributed by atoms with Gasteiger partial charge in [-0.3, -0.25) is 0 Å². The molecule has 0 aromatic carbocycles. The number of aliphatic hydroxyl groups is 4. The minimum atomic E-state index is -1.01. The highest BCUT2D eigenvalue weighted by Crippen LogP contribution is 2.19. The summed E-state index contributed by atoms with van der Waals surface area (Å²) in [6.07, 6.45) is -0.232. The molecule has 0 aromatic rings. The van der Waals surface area contributed by atoms with Crippen LogP contribution in [0.15, 0.2) is 0 Å². The average molecular weight is 219 g/mol. The summed E-state index contributed by atoms with van der Waals surface area (Å²) >= 11 is 0. The smallest absolute Gasteiger partial charge is 0.0993 e. The van der Waals surface area contributed by atoms with Gasteiger partial charge in [0.15, 0.2) is 0 Å². The van der Waals surface area contributed by atoms with E-state index in [0.717, 1.165) is 12.8 Å². The van der Waals surface area contributed by atoms with Gasteiger partial charge in [-0.05, 0) is 6.42 Å². The summed E-state index contributed by atoms with van der Waals surface area (Å²) in [6, 6.07) is -1.08. The van der Waals surface area contributed by atoms with Gasteiger partial charge in [0.25, 0.3) is 0 Å². The fourth-order valence-electron chi connectivity index (χ4n) is 1.99. The lowest BCUT2D eigenvalue weighted by atomic mass is 10.00. The van der Waals surface area contributed by atoms with Crippen molar-refractivity contribution in [1.29, 1.82) is 0 Å². The first-order valence-electron chi connectivity index (χ1n) is 5.53. The van der Waals surface area contributed by atoms with Gasteiger partial charge < -0.3 is 25.7 Å². The highest BCUT2D eigenvalue weighted by Gasteiger charge is 2.43. The summed E-state index contributed by atoms with van der Waals surface area (Å²) in [7, 11) is 0. The van der Waals surface area contributed by atoms with Crippen LogP contribution in [0.3, 0.4) is 0 Å². The van der Waals surface area contributed by atoms with Crippen LogP contribution in [0.5, 0.6) is 0 Å². The van der Waals surface area contributed by atoms with E-state index >= 15 is 0 Å². The van der Waals surface area contributed by atoms with Crippen LogP contribution in [0.25, 0.3) is 0 Å². The van der Waals surface area contributed by atoms with E-state index < -0.39 is 30.4 Å². The summed E-state index contributed by atoms with van der Waals surface area (Å²) in [4.78, 5) is 0. The Morgan fingerprint density at radius 2 is 1.93 bits per heavy atom. The maximum Gasteiger partial charge on any atom is 0.0993 e. The van der Waals surface area contributed by atoms with E-state index in [9.17, 15) is 15.3 Å². The Morgan fingerprint density at radius 3 is 2.40 bits per heavy atom. The van der Waals surface area contributed by atoms with Crippen LogP contribution in [0.1, 0.15) is 26.2 Å². The normalized spacial score (nSPS) is 38.2. The molecule has 15 heavy (non-hydrogen) atoms. The van der Waals surface area contributed by atoms with Crippen LogP contribution in [0.4, 0.5) is 0 Å². The number of unbranched alkanes of at least 4 members (excludes halogenated alkanes) is 1. The fraction of sp³-hybridized carbons (Fsp3) is 1.00. The molecule has 0 radical (unpaired) electrons. The molecule has 0 spiro atoms. The third-order valence-corrected chi connectivity index (χ3v) is 3.00. The SMILES string of the molecule is CCCCC(O)[C@@H]1N[C@H](CO)[C@@H](O)[C@@H]1O. The zero-order chi connectivity index (χ0) is 11.4. The number of hydrogen-bond acceptors (Lipinski definition) is 5. The molecule has 5 N–H and O–H groups in total. The van der Waals surface area contributed by atoms with Crippen molar-refractivity contribution in [2.24, 2.45) is 0 Å². The van der Waals surface area contributed by atoms with Crippen molar-refractivity contribution < 1.29 is 20.4 Å². The molecule has 0 aromatic heterocycles. The minimum Gasteiger partial charge on any atom is -0.395 e. The molecule has 5 nitrogen and oxygen atoms in total. The quantitative estimate of drug-likeness (QED) is 0.392. The maximum atomic E-state index is 9.77. The van der Waals surface area contributed by atoms with Crippen molar-refractivity contribution in [2.45, 2.75) is 56.6 Å². The monoisotopic (exact) mass is 219 g/mol. The van der Waals surface area contributed by atoms with Crippen molar-refractivity contribution >= 4 is 0 Å². The molecular formula is C10H21NO4. The first kappa shape index (κ1) is 12.9. The van der Waals surface area contributed by atoms with Gasteiger partial charge >= 0.3 is 0 Å². The molecule has 5 heteroatoms. The van der Waals surface area contributed by atoms with Crippen LogP contribution in [-0.4, -0.2) is 57.4 Å². The van der Waals surface area contributed by atoms with E-state index in [0.29, 0.717) is 6.42 Å². The van der Waals surface area contributed by atoms with Gasteiger partial charge in [-0.25, -0.2) is 0 Å². The van der Waals surface area contributed by atoms with E-state index in [4.69, 9.17) is 5.11 Å². The van der Waals surface area contributed by atoms with Gasteiger partial charge in [0.1, 0.15) is 0 Å². The van der Waals surface area contributed by atoms with Crippen molar-refractivity contribution in [1.82, 2.24) is 5.32 Å². The number of nitrogens with one attached hydrogen (secondary N) is 1. The third-order valence-electron chi connectivity index (χ3n) is 3.00. The molecule has 0 aliphatic carbocycles. The Hall–Kier alpha value is -0.200. The van der Waals surface area contributed by atoms with Gasteiger partial charge in [-0.1, -0.05) is 19.8 Å². The van der Waals surface area contributed by atoms with Crippen LogP contribution in [-0.2, 0) is 0 Å². The van der Waals surface area contributed by atoms with Crippen LogP contribution < -0.4 is 5.32 Å². The Bertz CT molecular complexity index is 190. The highest BCUT2D eigenvalue weighted by molar-refractivity contribution is 5.00. The molecule has 1 saturated heterocycles. The largest absolute Gasteiger partial charge is 0.395 e. The number of aliphatic hydroxyl groups excluding tert-OH is 4. The Morgan fingerprint density at radius 1 is 1.27 bits per heavy atom.